The second-order valence-corrected chi connectivity index (χ2v) is 6.96. The molecule has 1 aromatic carbocycles. The van der Waals surface area contributed by atoms with Crippen LogP contribution in [0.4, 0.5) is 0 Å². The number of aromatic nitrogens is 1. The van der Waals surface area contributed by atoms with Crippen LogP contribution in [-0.2, 0) is 9.84 Å². The number of pyridine rings is 1. The molecule has 100 valence electrons. The summed E-state index contributed by atoms with van der Waals surface area (Å²) >= 11 is 0. The van der Waals surface area contributed by atoms with Crippen LogP contribution in [0.25, 0.3) is 11.3 Å². The summed E-state index contributed by atoms with van der Waals surface area (Å²) < 4.78 is 24.5. The van der Waals surface area contributed by atoms with Crippen molar-refractivity contribution in [3.8, 4) is 17.3 Å². The highest BCUT2D eigenvalue weighted by Gasteiger charge is 2.38. The summed E-state index contributed by atoms with van der Waals surface area (Å²) in [5.74, 6) is 0. The van der Waals surface area contributed by atoms with E-state index in [0.717, 1.165) is 5.56 Å². The first kappa shape index (κ1) is 12.8. The molecule has 1 saturated carbocycles. The van der Waals surface area contributed by atoms with E-state index in [4.69, 9.17) is 0 Å². The van der Waals surface area contributed by atoms with Crippen LogP contribution in [0.15, 0.2) is 47.4 Å². The van der Waals surface area contributed by atoms with Crippen molar-refractivity contribution in [3.05, 3.63) is 48.2 Å². The third-order valence-electron chi connectivity index (χ3n) is 3.30. The lowest BCUT2D eigenvalue weighted by Crippen LogP contribution is -2.10. The van der Waals surface area contributed by atoms with Crippen molar-refractivity contribution in [2.24, 2.45) is 0 Å². The molecule has 0 spiro atoms. The zero-order chi connectivity index (χ0) is 14.2. The lowest BCUT2D eigenvalue weighted by atomic mass is 10.1. The minimum absolute atomic E-state index is 0.0155. The summed E-state index contributed by atoms with van der Waals surface area (Å²) in [7, 11) is -3.39. The molecule has 2 aromatic rings. The minimum Gasteiger partial charge on any atom is -0.236 e. The predicted molar refractivity (Wildman–Crippen MR) is 74.6 cm³/mol. The van der Waals surface area contributed by atoms with Crippen LogP contribution in [0.2, 0.25) is 0 Å². The predicted octanol–water partition coefficient (Wildman–Crippen LogP) is 2.56. The molecule has 0 radical (unpaired) electrons. The molecule has 0 amide bonds. The maximum absolute atomic E-state index is 12.2. The van der Waals surface area contributed by atoms with Crippen molar-refractivity contribution in [2.45, 2.75) is 23.0 Å². The Morgan fingerprint density at radius 2 is 1.80 bits per heavy atom. The molecule has 3 rings (SSSR count). The van der Waals surface area contributed by atoms with Gasteiger partial charge in [0.2, 0.25) is 0 Å². The van der Waals surface area contributed by atoms with Gasteiger partial charge in [-0.2, -0.15) is 5.26 Å². The van der Waals surface area contributed by atoms with Crippen LogP contribution in [0.3, 0.4) is 0 Å². The summed E-state index contributed by atoms with van der Waals surface area (Å²) in [5.41, 5.74) is 1.45. The molecule has 1 aromatic heterocycles. The summed E-state index contributed by atoms with van der Waals surface area (Å²) in [6, 6.07) is 14.4. The zero-order valence-electron chi connectivity index (χ0n) is 10.7. The molecule has 1 fully saturated rings. The average Bonchev–Trinajstić information content (AvgIpc) is 3.32. The Balaban J connectivity index is 2.10. The van der Waals surface area contributed by atoms with Crippen molar-refractivity contribution in [3.63, 3.8) is 0 Å². The maximum atomic E-state index is 12.2. The Kier molecular flexibility index (Phi) is 3.03. The van der Waals surface area contributed by atoms with E-state index in [1.807, 2.05) is 36.4 Å². The van der Waals surface area contributed by atoms with E-state index >= 15 is 0 Å². The van der Waals surface area contributed by atoms with Gasteiger partial charge in [0.05, 0.1) is 10.9 Å². The molecule has 0 bridgehead atoms. The summed E-state index contributed by atoms with van der Waals surface area (Å²) in [5, 5.41) is 8.84. The first-order valence-corrected chi connectivity index (χ1v) is 7.88. The first-order valence-electron chi connectivity index (χ1n) is 6.33. The number of sulfone groups is 1. The second-order valence-electron chi connectivity index (χ2n) is 4.77. The summed E-state index contributed by atoms with van der Waals surface area (Å²) in [6.07, 6.45) is 1.35. The topological polar surface area (TPSA) is 70.8 Å². The number of hydrogen-bond donors (Lipinski definition) is 0. The fraction of sp³-hybridized carbons (Fsp3) is 0.200. The normalized spacial score (nSPS) is 14.8. The van der Waals surface area contributed by atoms with Crippen LogP contribution in [0, 0.1) is 11.3 Å². The highest BCUT2D eigenvalue weighted by atomic mass is 32.2. The van der Waals surface area contributed by atoms with E-state index < -0.39 is 9.84 Å². The van der Waals surface area contributed by atoms with Crippen LogP contribution in [0.5, 0.6) is 0 Å². The largest absolute Gasteiger partial charge is 0.236 e. The van der Waals surface area contributed by atoms with E-state index in [9.17, 15) is 13.7 Å². The standard InChI is InChI=1S/C15H12N2O2S/c16-10-14-15(20(18,19)12-6-7-12)9-8-13(17-14)11-4-2-1-3-5-11/h1-5,8-9,12H,6-7H2. The van der Waals surface area contributed by atoms with E-state index in [1.54, 1.807) is 6.07 Å². The van der Waals surface area contributed by atoms with Gasteiger partial charge in [0.15, 0.2) is 15.5 Å². The van der Waals surface area contributed by atoms with Gasteiger partial charge in [-0.3, -0.25) is 0 Å². The molecule has 0 saturated heterocycles. The van der Waals surface area contributed by atoms with E-state index in [1.165, 1.54) is 6.07 Å². The van der Waals surface area contributed by atoms with Gasteiger partial charge in [-0.1, -0.05) is 30.3 Å². The van der Waals surface area contributed by atoms with Gasteiger partial charge in [0.25, 0.3) is 0 Å². The van der Waals surface area contributed by atoms with Gasteiger partial charge in [0, 0.05) is 5.56 Å². The third kappa shape index (κ3) is 2.19. The molecule has 20 heavy (non-hydrogen) atoms. The van der Waals surface area contributed by atoms with E-state index in [-0.39, 0.29) is 15.8 Å². The van der Waals surface area contributed by atoms with Gasteiger partial charge in [0.1, 0.15) is 11.0 Å². The number of rotatable bonds is 3. The van der Waals surface area contributed by atoms with Gasteiger partial charge < -0.3 is 0 Å². The lowest BCUT2D eigenvalue weighted by Gasteiger charge is -2.07. The number of nitrogens with zero attached hydrogens (tertiary/aromatic N) is 2. The molecule has 1 aliphatic rings. The molecule has 5 heteroatoms. The lowest BCUT2D eigenvalue weighted by molar-refractivity contribution is 0.594. The number of benzene rings is 1. The van der Waals surface area contributed by atoms with Crippen LogP contribution < -0.4 is 0 Å². The molecule has 1 aliphatic carbocycles. The highest BCUT2D eigenvalue weighted by Crippen LogP contribution is 2.35. The fourth-order valence-corrected chi connectivity index (χ4v) is 3.82. The van der Waals surface area contributed by atoms with Gasteiger partial charge in [-0.15, -0.1) is 0 Å². The second kappa shape index (κ2) is 4.73. The maximum Gasteiger partial charge on any atom is 0.184 e. The Hall–Kier alpha value is -2.19. The van der Waals surface area contributed by atoms with Crippen molar-refractivity contribution < 1.29 is 8.42 Å². The van der Waals surface area contributed by atoms with Crippen molar-refractivity contribution in [1.82, 2.24) is 4.98 Å². The van der Waals surface area contributed by atoms with Crippen molar-refractivity contribution in [2.75, 3.05) is 0 Å². The number of hydrogen-bond acceptors (Lipinski definition) is 4. The molecule has 1 heterocycles. The summed E-state index contributed by atoms with van der Waals surface area (Å²) in [6.45, 7) is 0. The minimum atomic E-state index is -3.39. The zero-order valence-corrected chi connectivity index (χ0v) is 11.5. The fourth-order valence-electron chi connectivity index (χ4n) is 2.08. The van der Waals surface area contributed by atoms with Crippen LogP contribution in [-0.4, -0.2) is 18.7 Å². The first-order chi connectivity index (χ1) is 9.63. The monoisotopic (exact) mass is 284 g/mol. The van der Waals surface area contributed by atoms with Gasteiger partial charge >= 0.3 is 0 Å². The smallest absolute Gasteiger partial charge is 0.184 e. The van der Waals surface area contributed by atoms with Crippen molar-refractivity contribution in [1.29, 1.82) is 5.26 Å². The molecular formula is C15H12N2O2S. The Morgan fingerprint density at radius 3 is 2.40 bits per heavy atom. The Morgan fingerprint density at radius 1 is 1.10 bits per heavy atom. The van der Waals surface area contributed by atoms with Crippen molar-refractivity contribution >= 4 is 9.84 Å². The third-order valence-corrected chi connectivity index (χ3v) is 5.59. The molecule has 0 N–H and O–H groups in total. The highest BCUT2D eigenvalue weighted by molar-refractivity contribution is 7.92. The van der Waals surface area contributed by atoms with Crippen LogP contribution >= 0.6 is 0 Å². The number of nitriles is 1. The quantitative estimate of drug-likeness (QED) is 0.868. The molecule has 0 aliphatic heterocycles. The van der Waals surface area contributed by atoms with Crippen LogP contribution in [0.1, 0.15) is 18.5 Å². The molecular weight excluding hydrogens is 272 g/mol. The van der Waals surface area contributed by atoms with E-state index in [2.05, 4.69) is 4.98 Å². The molecule has 0 unspecified atom stereocenters. The molecule has 4 nitrogen and oxygen atoms in total. The Labute approximate surface area is 117 Å². The average molecular weight is 284 g/mol. The Bertz CT molecular complexity index is 788. The van der Waals surface area contributed by atoms with Gasteiger partial charge in [-0.25, -0.2) is 13.4 Å². The molecule has 0 atom stereocenters. The SMILES string of the molecule is N#Cc1nc(-c2ccccc2)ccc1S(=O)(=O)C1CC1. The van der Waals surface area contributed by atoms with Gasteiger partial charge in [-0.05, 0) is 25.0 Å². The van der Waals surface area contributed by atoms with E-state index in [0.29, 0.717) is 18.5 Å². The summed E-state index contributed by atoms with van der Waals surface area (Å²) in [4.78, 5) is 4.26.